The van der Waals surface area contributed by atoms with Crippen LogP contribution in [-0.2, 0) is 4.79 Å². The van der Waals surface area contributed by atoms with E-state index in [0.29, 0.717) is 6.42 Å². The smallest absolute Gasteiger partial charge is 0.221 e. The van der Waals surface area contributed by atoms with E-state index in [-0.39, 0.29) is 24.6 Å². The van der Waals surface area contributed by atoms with Crippen LogP contribution in [0.4, 0.5) is 0 Å². The topological polar surface area (TPSA) is 61.4 Å². The minimum Gasteiger partial charge on any atom is -0.394 e. The molecule has 3 N–H and O–H groups in total. The van der Waals surface area contributed by atoms with Gasteiger partial charge in [0.05, 0.1) is 6.61 Å². The zero-order valence-electron chi connectivity index (χ0n) is 8.63. The fraction of sp³-hybridized carbons (Fsp3) is 0.889. The van der Waals surface area contributed by atoms with E-state index < -0.39 is 0 Å². The van der Waals surface area contributed by atoms with Crippen molar-refractivity contribution in [3.8, 4) is 0 Å². The van der Waals surface area contributed by atoms with E-state index in [9.17, 15) is 4.79 Å². The van der Waals surface area contributed by atoms with Gasteiger partial charge in [-0.15, -0.1) is 0 Å². The second kappa shape index (κ2) is 6.86. The van der Waals surface area contributed by atoms with Crippen LogP contribution >= 0.6 is 0 Å². The zero-order chi connectivity index (χ0) is 10.3. The maximum Gasteiger partial charge on any atom is 0.221 e. The Morgan fingerprint density at radius 3 is 2.46 bits per heavy atom. The van der Waals surface area contributed by atoms with Crippen LogP contribution in [0.1, 0.15) is 27.2 Å². The number of amides is 1. The van der Waals surface area contributed by atoms with Gasteiger partial charge in [0.1, 0.15) is 0 Å². The van der Waals surface area contributed by atoms with Crippen LogP contribution in [0.15, 0.2) is 0 Å². The Kier molecular flexibility index (Phi) is 6.54. The van der Waals surface area contributed by atoms with Gasteiger partial charge in [-0.2, -0.15) is 0 Å². The van der Waals surface area contributed by atoms with Gasteiger partial charge in [-0.05, 0) is 20.4 Å². The molecular formula is C9H20N2O2. The molecule has 78 valence electrons. The van der Waals surface area contributed by atoms with Gasteiger partial charge in [0.2, 0.25) is 5.91 Å². The van der Waals surface area contributed by atoms with Crippen LogP contribution in [0.2, 0.25) is 0 Å². The van der Waals surface area contributed by atoms with Gasteiger partial charge in [-0.1, -0.05) is 6.92 Å². The number of hydrogen-bond donors (Lipinski definition) is 3. The first-order valence-corrected chi connectivity index (χ1v) is 4.73. The van der Waals surface area contributed by atoms with E-state index in [2.05, 4.69) is 10.6 Å². The summed E-state index contributed by atoms with van der Waals surface area (Å²) in [5, 5.41) is 14.5. The van der Waals surface area contributed by atoms with E-state index in [0.717, 1.165) is 6.54 Å². The first-order valence-electron chi connectivity index (χ1n) is 4.73. The van der Waals surface area contributed by atoms with Crippen molar-refractivity contribution in [1.29, 1.82) is 0 Å². The van der Waals surface area contributed by atoms with Gasteiger partial charge in [-0.25, -0.2) is 0 Å². The molecule has 0 saturated heterocycles. The molecule has 2 atom stereocenters. The summed E-state index contributed by atoms with van der Waals surface area (Å²) >= 11 is 0. The second-order valence-electron chi connectivity index (χ2n) is 3.31. The predicted octanol–water partition coefficient (Wildman–Crippen LogP) is -0.128. The minimum atomic E-state index is -0.152. The zero-order valence-corrected chi connectivity index (χ0v) is 8.63. The summed E-state index contributed by atoms with van der Waals surface area (Å²) < 4.78 is 0. The summed E-state index contributed by atoms with van der Waals surface area (Å²) in [6.07, 6.45) is 0.457. The third-order valence-corrected chi connectivity index (χ3v) is 1.73. The van der Waals surface area contributed by atoms with E-state index in [1.807, 2.05) is 13.8 Å². The largest absolute Gasteiger partial charge is 0.394 e. The van der Waals surface area contributed by atoms with Gasteiger partial charge in [-0.3, -0.25) is 4.79 Å². The van der Waals surface area contributed by atoms with E-state index in [4.69, 9.17) is 5.11 Å². The molecule has 0 aliphatic heterocycles. The lowest BCUT2D eigenvalue weighted by Gasteiger charge is -2.14. The Labute approximate surface area is 79.7 Å². The van der Waals surface area contributed by atoms with Gasteiger partial charge < -0.3 is 15.7 Å². The van der Waals surface area contributed by atoms with Crippen LogP contribution in [0.25, 0.3) is 0 Å². The lowest BCUT2D eigenvalue weighted by Crippen LogP contribution is -2.39. The van der Waals surface area contributed by atoms with Gasteiger partial charge in [0, 0.05) is 18.5 Å². The number of hydrogen-bond acceptors (Lipinski definition) is 3. The fourth-order valence-electron chi connectivity index (χ4n) is 1.08. The molecule has 0 bridgehead atoms. The van der Waals surface area contributed by atoms with Gasteiger partial charge in [0.25, 0.3) is 0 Å². The van der Waals surface area contributed by atoms with Crippen LogP contribution < -0.4 is 10.6 Å². The van der Waals surface area contributed by atoms with Crippen molar-refractivity contribution in [1.82, 2.24) is 10.6 Å². The lowest BCUT2D eigenvalue weighted by atomic mass is 10.2. The molecule has 0 spiro atoms. The molecule has 0 saturated carbocycles. The molecule has 0 aliphatic rings. The Bertz CT molecular complexity index is 151. The molecule has 0 aromatic rings. The summed E-state index contributed by atoms with van der Waals surface area (Å²) in [5.41, 5.74) is 0. The molecule has 0 radical (unpaired) electrons. The normalized spacial score (nSPS) is 15.1. The summed E-state index contributed by atoms with van der Waals surface area (Å²) in [7, 11) is 0. The van der Waals surface area contributed by atoms with Crippen molar-refractivity contribution in [2.45, 2.75) is 39.3 Å². The van der Waals surface area contributed by atoms with Crippen molar-refractivity contribution in [2.75, 3.05) is 13.2 Å². The molecule has 1 amide bonds. The van der Waals surface area contributed by atoms with E-state index in [1.54, 1.807) is 6.92 Å². The maximum absolute atomic E-state index is 11.2. The first kappa shape index (κ1) is 12.4. The number of carbonyl (C=O) groups is 1. The van der Waals surface area contributed by atoms with Crippen LogP contribution in [0, 0.1) is 0 Å². The van der Waals surface area contributed by atoms with Gasteiger partial charge >= 0.3 is 0 Å². The summed E-state index contributed by atoms with van der Waals surface area (Å²) in [5.74, 6) is -0.0185. The molecule has 1 unspecified atom stereocenters. The Hall–Kier alpha value is -0.610. The van der Waals surface area contributed by atoms with Crippen LogP contribution in [-0.4, -0.2) is 36.2 Å². The van der Waals surface area contributed by atoms with Crippen molar-refractivity contribution in [3.05, 3.63) is 0 Å². The highest BCUT2D eigenvalue weighted by Gasteiger charge is 2.09. The SMILES string of the molecule is CCNC(C)CC(=O)N[C@@H](C)CO. The summed E-state index contributed by atoms with van der Waals surface area (Å²) in [4.78, 5) is 11.2. The van der Waals surface area contributed by atoms with Crippen molar-refractivity contribution in [3.63, 3.8) is 0 Å². The number of aliphatic hydroxyl groups is 1. The first-order chi connectivity index (χ1) is 6.10. The minimum absolute atomic E-state index is 0.0126. The summed E-state index contributed by atoms with van der Waals surface area (Å²) in [6, 6.07) is 0.0391. The molecule has 0 rings (SSSR count). The molecule has 4 nitrogen and oxygen atoms in total. The number of rotatable bonds is 6. The Balaban J connectivity index is 3.61. The molecule has 0 aromatic heterocycles. The monoisotopic (exact) mass is 188 g/mol. The number of carbonyl (C=O) groups excluding carboxylic acids is 1. The fourth-order valence-corrected chi connectivity index (χ4v) is 1.08. The standard InChI is InChI=1S/C9H20N2O2/c1-4-10-7(2)5-9(13)11-8(3)6-12/h7-8,10,12H,4-6H2,1-3H3,(H,11,13)/t7?,8-/m0/s1. The third-order valence-electron chi connectivity index (χ3n) is 1.73. The number of nitrogens with one attached hydrogen (secondary N) is 2. The molecule has 4 heteroatoms. The summed E-state index contributed by atoms with van der Waals surface area (Å²) in [6.45, 7) is 6.60. The highest BCUT2D eigenvalue weighted by atomic mass is 16.3. The lowest BCUT2D eigenvalue weighted by molar-refractivity contribution is -0.122. The van der Waals surface area contributed by atoms with Crippen molar-refractivity contribution in [2.24, 2.45) is 0 Å². The molecule has 0 heterocycles. The average Bonchev–Trinajstić information content (AvgIpc) is 2.04. The van der Waals surface area contributed by atoms with Crippen molar-refractivity contribution >= 4 is 5.91 Å². The quantitative estimate of drug-likeness (QED) is 0.544. The third kappa shape index (κ3) is 6.54. The average molecular weight is 188 g/mol. The molecule has 0 aliphatic carbocycles. The Morgan fingerprint density at radius 2 is 2.00 bits per heavy atom. The Morgan fingerprint density at radius 1 is 1.38 bits per heavy atom. The highest BCUT2D eigenvalue weighted by Crippen LogP contribution is 1.91. The van der Waals surface area contributed by atoms with E-state index in [1.165, 1.54) is 0 Å². The molecule has 0 aromatic carbocycles. The van der Waals surface area contributed by atoms with Crippen LogP contribution in [0.5, 0.6) is 0 Å². The van der Waals surface area contributed by atoms with E-state index >= 15 is 0 Å². The molecule has 13 heavy (non-hydrogen) atoms. The second-order valence-corrected chi connectivity index (χ2v) is 3.31. The predicted molar refractivity (Wildman–Crippen MR) is 52.4 cm³/mol. The highest BCUT2D eigenvalue weighted by molar-refractivity contribution is 5.76. The molecular weight excluding hydrogens is 168 g/mol. The van der Waals surface area contributed by atoms with Crippen molar-refractivity contribution < 1.29 is 9.90 Å². The number of aliphatic hydroxyl groups excluding tert-OH is 1. The maximum atomic E-state index is 11.2. The van der Waals surface area contributed by atoms with Crippen LogP contribution in [0.3, 0.4) is 0 Å². The molecule has 0 fully saturated rings. The van der Waals surface area contributed by atoms with Gasteiger partial charge in [0.15, 0.2) is 0 Å².